The molecule has 0 atom stereocenters. The highest BCUT2D eigenvalue weighted by atomic mass is 32.2. The van der Waals surface area contributed by atoms with E-state index >= 15 is 0 Å². The first-order chi connectivity index (χ1) is 13.0. The van der Waals surface area contributed by atoms with Crippen LogP contribution >= 0.6 is 0 Å². The van der Waals surface area contributed by atoms with Crippen LogP contribution in [0.4, 0.5) is 0 Å². The van der Waals surface area contributed by atoms with E-state index in [-0.39, 0.29) is 10.8 Å². The van der Waals surface area contributed by atoms with Gasteiger partial charge in [0.05, 0.1) is 4.90 Å². The fourth-order valence-electron chi connectivity index (χ4n) is 3.55. The van der Waals surface area contributed by atoms with Crippen LogP contribution in [0.2, 0.25) is 0 Å². The predicted octanol–water partition coefficient (Wildman–Crippen LogP) is 1.98. The maximum atomic E-state index is 12.8. The van der Waals surface area contributed by atoms with E-state index in [2.05, 4.69) is 10.0 Å². The quantitative estimate of drug-likeness (QED) is 0.710. The van der Waals surface area contributed by atoms with E-state index in [1.165, 1.54) is 18.9 Å². The number of rotatable bonds is 8. The van der Waals surface area contributed by atoms with Gasteiger partial charge in [0.15, 0.2) is 0 Å². The first-order valence-electron chi connectivity index (χ1n) is 10.1. The van der Waals surface area contributed by atoms with Gasteiger partial charge >= 0.3 is 0 Å². The Balaban J connectivity index is 1.34. The minimum atomic E-state index is -3.55. The number of sulfonamides is 1. The molecule has 2 aliphatic carbocycles. The largest absolute Gasteiger partial charge is 0.339 e. The summed E-state index contributed by atoms with van der Waals surface area (Å²) < 4.78 is 27.5. The summed E-state index contributed by atoms with van der Waals surface area (Å²) >= 11 is 0. The SMILES string of the molecule is O=C(c1cccc(S(=O)(=O)NCC2CC2)c1)N1CCC(NCC2CC2)CC1. The van der Waals surface area contributed by atoms with Gasteiger partial charge in [0.2, 0.25) is 10.0 Å². The van der Waals surface area contributed by atoms with Gasteiger partial charge in [0.25, 0.3) is 5.91 Å². The summed E-state index contributed by atoms with van der Waals surface area (Å²) in [7, 11) is -3.55. The van der Waals surface area contributed by atoms with Crippen LogP contribution in [0.25, 0.3) is 0 Å². The van der Waals surface area contributed by atoms with Crippen LogP contribution in [0.5, 0.6) is 0 Å². The van der Waals surface area contributed by atoms with Crippen LogP contribution in [-0.2, 0) is 10.0 Å². The number of piperidine rings is 1. The maximum Gasteiger partial charge on any atom is 0.253 e. The van der Waals surface area contributed by atoms with Crippen molar-refractivity contribution in [1.29, 1.82) is 0 Å². The Labute approximate surface area is 161 Å². The lowest BCUT2D eigenvalue weighted by atomic mass is 10.0. The van der Waals surface area contributed by atoms with E-state index in [9.17, 15) is 13.2 Å². The molecule has 0 radical (unpaired) electrons. The average molecular weight is 392 g/mol. The Hall–Kier alpha value is -1.44. The number of carbonyl (C=O) groups is 1. The van der Waals surface area contributed by atoms with E-state index in [1.54, 1.807) is 18.2 Å². The second-order valence-electron chi connectivity index (χ2n) is 8.24. The summed E-state index contributed by atoms with van der Waals surface area (Å²) in [4.78, 5) is 14.8. The van der Waals surface area contributed by atoms with E-state index in [0.29, 0.717) is 24.1 Å². The van der Waals surface area contributed by atoms with Crippen molar-refractivity contribution in [1.82, 2.24) is 14.9 Å². The van der Waals surface area contributed by atoms with Gasteiger partial charge in [-0.05, 0) is 75.1 Å². The summed E-state index contributed by atoms with van der Waals surface area (Å²) in [5, 5.41) is 3.61. The van der Waals surface area contributed by atoms with Crippen molar-refractivity contribution in [3.63, 3.8) is 0 Å². The van der Waals surface area contributed by atoms with Gasteiger partial charge in [-0.1, -0.05) is 6.07 Å². The number of amides is 1. The Morgan fingerprint density at radius 2 is 1.67 bits per heavy atom. The molecule has 27 heavy (non-hydrogen) atoms. The third-order valence-electron chi connectivity index (χ3n) is 5.82. The lowest BCUT2D eigenvalue weighted by Crippen LogP contribution is -2.45. The normalized spacial score (nSPS) is 21.4. The van der Waals surface area contributed by atoms with Crippen molar-refractivity contribution < 1.29 is 13.2 Å². The fraction of sp³-hybridized carbons (Fsp3) is 0.650. The molecule has 3 aliphatic rings. The lowest BCUT2D eigenvalue weighted by Gasteiger charge is -2.32. The third kappa shape index (κ3) is 5.09. The van der Waals surface area contributed by atoms with Crippen molar-refractivity contribution in [2.75, 3.05) is 26.2 Å². The maximum absolute atomic E-state index is 12.8. The molecule has 148 valence electrons. The first-order valence-corrected chi connectivity index (χ1v) is 11.6. The number of hydrogen-bond donors (Lipinski definition) is 2. The number of nitrogens with zero attached hydrogens (tertiary/aromatic N) is 1. The monoisotopic (exact) mass is 391 g/mol. The van der Waals surface area contributed by atoms with Gasteiger partial charge in [0, 0.05) is 31.2 Å². The molecule has 0 aromatic heterocycles. The van der Waals surface area contributed by atoms with Crippen LogP contribution < -0.4 is 10.0 Å². The zero-order chi connectivity index (χ0) is 18.9. The molecule has 1 amide bonds. The van der Waals surface area contributed by atoms with Crippen molar-refractivity contribution in [2.45, 2.75) is 49.5 Å². The molecule has 2 N–H and O–H groups in total. The summed E-state index contributed by atoms with van der Waals surface area (Å²) in [6, 6.07) is 6.92. The van der Waals surface area contributed by atoms with E-state index in [1.807, 2.05) is 4.90 Å². The minimum absolute atomic E-state index is 0.0742. The molecule has 1 heterocycles. The summed E-state index contributed by atoms with van der Waals surface area (Å²) in [6.45, 7) is 3.03. The van der Waals surface area contributed by atoms with Gasteiger partial charge < -0.3 is 10.2 Å². The second-order valence-corrected chi connectivity index (χ2v) is 10.0. The number of nitrogens with one attached hydrogen (secondary N) is 2. The van der Waals surface area contributed by atoms with Gasteiger partial charge in [-0.2, -0.15) is 0 Å². The Morgan fingerprint density at radius 3 is 2.33 bits per heavy atom. The lowest BCUT2D eigenvalue weighted by molar-refractivity contribution is 0.0704. The van der Waals surface area contributed by atoms with Crippen LogP contribution in [0.3, 0.4) is 0 Å². The van der Waals surface area contributed by atoms with Crippen LogP contribution in [0.15, 0.2) is 29.2 Å². The highest BCUT2D eigenvalue weighted by molar-refractivity contribution is 7.89. The Morgan fingerprint density at radius 1 is 1.00 bits per heavy atom. The number of carbonyl (C=O) groups excluding carboxylic acids is 1. The van der Waals surface area contributed by atoms with Crippen LogP contribution in [-0.4, -0.2) is 51.4 Å². The van der Waals surface area contributed by atoms with Crippen LogP contribution in [0.1, 0.15) is 48.9 Å². The van der Waals surface area contributed by atoms with Crippen molar-refractivity contribution in [2.24, 2.45) is 11.8 Å². The molecular weight excluding hydrogens is 362 g/mol. The summed E-state index contributed by atoms with van der Waals surface area (Å²) in [5.74, 6) is 1.26. The Bertz CT molecular complexity index is 779. The molecule has 0 bridgehead atoms. The standard InChI is InChI=1S/C20H29N3O3S/c24-20(23-10-8-18(9-11-23)21-13-15-4-5-15)17-2-1-3-19(12-17)27(25,26)22-14-16-6-7-16/h1-3,12,15-16,18,21-22H,4-11,13-14H2. The van der Waals surface area contributed by atoms with Gasteiger partial charge in [-0.15, -0.1) is 0 Å². The van der Waals surface area contributed by atoms with Gasteiger partial charge in [-0.25, -0.2) is 13.1 Å². The number of hydrogen-bond acceptors (Lipinski definition) is 4. The number of benzene rings is 1. The third-order valence-corrected chi connectivity index (χ3v) is 7.25. The number of likely N-dealkylation sites (tertiary alicyclic amines) is 1. The summed E-state index contributed by atoms with van der Waals surface area (Å²) in [5.41, 5.74) is 0.452. The molecule has 1 saturated heterocycles. The topological polar surface area (TPSA) is 78.5 Å². The van der Waals surface area contributed by atoms with Crippen molar-refractivity contribution in [3.05, 3.63) is 29.8 Å². The molecule has 1 aliphatic heterocycles. The molecule has 1 aromatic carbocycles. The minimum Gasteiger partial charge on any atom is -0.339 e. The zero-order valence-corrected chi connectivity index (χ0v) is 16.5. The molecule has 3 fully saturated rings. The van der Waals surface area contributed by atoms with Crippen molar-refractivity contribution >= 4 is 15.9 Å². The first kappa shape index (κ1) is 18.9. The summed E-state index contributed by atoms with van der Waals surface area (Å²) in [6.07, 6.45) is 6.79. The van der Waals surface area contributed by atoms with E-state index in [0.717, 1.165) is 51.2 Å². The molecule has 2 saturated carbocycles. The Kier molecular flexibility index (Phi) is 5.53. The molecule has 7 heteroatoms. The molecule has 0 unspecified atom stereocenters. The smallest absolute Gasteiger partial charge is 0.253 e. The predicted molar refractivity (Wildman–Crippen MR) is 104 cm³/mol. The molecular formula is C20H29N3O3S. The van der Waals surface area contributed by atoms with E-state index in [4.69, 9.17) is 0 Å². The average Bonchev–Trinajstić information content (AvgIpc) is 3.59. The molecule has 0 spiro atoms. The molecule has 1 aromatic rings. The molecule has 4 rings (SSSR count). The van der Waals surface area contributed by atoms with E-state index < -0.39 is 10.0 Å². The highest BCUT2D eigenvalue weighted by Gasteiger charge is 2.28. The van der Waals surface area contributed by atoms with Gasteiger partial charge in [-0.3, -0.25) is 4.79 Å². The van der Waals surface area contributed by atoms with Crippen molar-refractivity contribution in [3.8, 4) is 0 Å². The second kappa shape index (κ2) is 7.89. The van der Waals surface area contributed by atoms with Gasteiger partial charge in [0.1, 0.15) is 0 Å². The fourth-order valence-corrected chi connectivity index (χ4v) is 4.72. The zero-order valence-electron chi connectivity index (χ0n) is 15.7. The molecule has 6 nitrogen and oxygen atoms in total. The van der Waals surface area contributed by atoms with Crippen LogP contribution in [0, 0.1) is 11.8 Å². The highest BCUT2D eigenvalue weighted by Crippen LogP contribution is 2.29.